The van der Waals surface area contributed by atoms with E-state index in [2.05, 4.69) is 15.6 Å². The summed E-state index contributed by atoms with van der Waals surface area (Å²) in [5, 5.41) is 6.58. The number of pyridine rings is 1. The zero-order valence-corrected chi connectivity index (χ0v) is 14.1. The van der Waals surface area contributed by atoms with Crippen molar-refractivity contribution in [2.75, 3.05) is 30.9 Å². The first-order chi connectivity index (χ1) is 11.1. The third-order valence-corrected chi connectivity index (χ3v) is 3.87. The molecular weight excluding hydrogens is 337 g/mol. The van der Waals surface area contributed by atoms with Gasteiger partial charge in [0.15, 0.2) is 0 Å². The maximum absolute atomic E-state index is 12.2. The number of carbonyl (C=O) groups excluding carboxylic acids is 1. The van der Waals surface area contributed by atoms with Gasteiger partial charge in [-0.25, -0.2) is 4.98 Å². The van der Waals surface area contributed by atoms with Crippen molar-refractivity contribution < 1.29 is 9.53 Å². The van der Waals surface area contributed by atoms with Crippen molar-refractivity contribution in [3.05, 3.63) is 52.3 Å². The highest BCUT2D eigenvalue weighted by atomic mass is 35.5. The van der Waals surface area contributed by atoms with Gasteiger partial charge in [0.25, 0.3) is 5.91 Å². The summed E-state index contributed by atoms with van der Waals surface area (Å²) in [6.07, 6.45) is 2.51. The first-order valence-corrected chi connectivity index (χ1v) is 7.81. The molecule has 0 saturated carbocycles. The smallest absolute Gasteiger partial charge is 0.274 e. The van der Waals surface area contributed by atoms with Crippen LogP contribution < -0.4 is 10.6 Å². The molecule has 0 radical (unpaired) electrons. The van der Waals surface area contributed by atoms with Crippen LogP contribution in [0.1, 0.15) is 16.9 Å². The molecule has 0 spiro atoms. The fourth-order valence-electron chi connectivity index (χ4n) is 1.87. The number of nitrogens with zero attached hydrogens (tertiary/aromatic N) is 1. The third-order valence-electron chi connectivity index (χ3n) is 3.05. The number of hydrogen-bond donors (Lipinski definition) is 2. The quantitative estimate of drug-likeness (QED) is 0.735. The second-order valence-corrected chi connectivity index (χ2v) is 5.55. The number of halogens is 2. The summed E-state index contributed by atoms with van der Waals surface area (Å²) >= 11 is 12.0. The normalized spacial score (nSPS) is 10.4. The van der Waals surface area contributed by atoms with Gasteiger partial charge in [-0.15, -0.1) is 0 Å². The molecule has 0 aliphatic rings. The lowest BCUT2D eigenvalue weighted by atomic mass is 10.2. The molecular formula is C16H17Cl2N3O2. The van der Waals surface area contributed by atoms with Gasteiger partial charge in [0.1, 0.15) is 5.69 Å². The predicted octanol–water partition coefficient (Wildman–Crippen LogP) is 4.09. The number of aromatic nitrogens is 1. The van der Waals surface area contributed by atoms with Crippen LogP contribution in [0.4, 0.5) is 11.4 Å². The molecule has 2 N–H and O–H groups in total. The van der Waals surface area contributed by atoms with Gasteiger partial charge in [-0.05, 0) is 30.7 Å². The Bertz CT molecular complexity index is 663. The molecule has 0 unspecified atom stereocenters. The Morgan fingerprint density at radius 3 is 2.78 bits per heavy atom. The molecule has 1 aromatic heterocycles. The molecule has 2 aromatic rings. The maximum Gasteiger partial charge on any atom is 0.274 e. The zero-order chi connectivity index (χ0) is 16.7. The molecule has 2 rings (SSSR count). The SMILES string of the molecule is COCCCNc1ccc(C(=O)Nc2cccc(Cl)c2Cl)nc1. The molecule has 23 heavy (non-hydrogen) atoms. The van der Waals surface area contributed by atoms with Crippen LogP contribution in [0.3, 0.4) is 0 Å². The number of anilines is 2. The van der Waals surface area contributed by atoms with E-state index >= 15 is 0 Å². The van der Waals surface area contributed by atoms with Crippen molar-refractivity contribution in [1.29, 1.82) is 0 Å². The number of nitrogens with one attached hydrogen (secondary N) is 2. The number of carbonyl (C=O) groups is 1. The topological polar surface area (TPSA) is 63.2 Å². The van der Waals surface area contributed by atoms with E-state index in [1.807, 2.05) is 0 Å². The molecule has 0 saturated heterocycles. The van der Waals surface area contributed by atoms with Crippen molar-refractivity contribution in [1.82, 2.24) is 4.98 Å². The Morgan fingerprint density at radius 1 is 1.26 bits per heavy atom. The molecule has 5 nitrogen and oxygen atoms in total. The summed E-state index contributed by atoms with van der Waals surface area (Å²) in [5.74, 6) is -0.347. The lowest BCUT2D eigenvalue weighted by Crippen LogP contribution is -2.14. The van der Waals surface area contributed by atoms with Crippen molar-refractivity contribution in [2.24, 2.45) is 0 Å². The number of amides is 1. The molecule has 0 aliphatic heterocycles. The second-order valence-electron chi connectivity index (χ2n) is 4.76. The van der Waals surface area contributed by atoms with Crippen LogP contribution in [0.25, 0.3) is 0 Å². The molecule has 122 valence electrons. The highest BCUT2D eigenvalue weighted by Crippen LogP contribution is 2.29. The van der Waals surface area contributed by atoms with E-state index < -0.39 is 0 Å². The van der Waals surface area contributed by atoms with E-state index in [1.165, 1.54) is 0 Å². The predicted molar refractivity (Wildman–Crippen MR) is 93.6 cm³/mol. The molecule has 0 bridgehead atoms. The average molecular weight is 354 g/mol. The second kappa shape index (κ2) is 8.72. The van der Waals surface area contributed by atoms with E-state index in [0.29, 0.717) is 28.0 Å². The van der Waals surface area contributed by atoms with Crippen LogP contribution in [-0.2, 0) is 4.74 Å². The van der Waals surface area contributed by atoms with E-state index in [-0.39, 0.29) is 5.91 Å². The van der Waals surface area contributed by atoms with Crippen LogP contribution in [0.15, 0.2) is 36.5 Å². The lowest BCUT2D eigenvalue weighted by molar-refractivity contribution is 0.102. The summed E-state index contributed by atoms with van der Waals surface area (Å²) in [6, 6.07) is 8.49. The lowest BCUT2D eigenvalue weighted by Gasteiger charge is -2.09. The molecule has 1 aromatic carbocycles. The van der Waals surface area contributed by atoms with Crippen LogP contribution in [0.5, 0.6) is 0 Å². The molecule has 0 atom stereocenters. The van der Waals surface area contributed by atoms with E-state index in [9.17, 15) is 4.79 Å². The molecule has 1 heterocycles. The minimum absolute atomic E-state index is 0.295. The standard InChI is InChI=1S/C16H17Cl2N3O2/c1-23-9-3-8-19-11-6-7-14(20-10-11)16(22)21-13-5-2-4-12(17)15(13)18/h2,4-7,10,19H,3,8-9H2,1H3,(H,21,22). The van der Waals surface area contributed by atoms with Gasteiger partial charge in [0.2, 0.25) is 0 Å². The van der Waals surface area contributed by atoms with E-state index in [1.54, 1.807) is 43.6 Å². The number of ether oxygens (including phenoxy) is 1. The van der Waals surface area contributed by atoms with Crippen molar-refractivity contribution >= 4 is 40.5 Å². The fraction of sp³-hybridized carbons (Fsp3) is 0.250. The molecule has 0 aliphatic carbocycles. The van der Waals surface area contributed by atoms with Gasteiger partial charge in [-0.1, -0.05) is 29.3 Å². The zero-order valence-electron chi connectivity index (χ0n) is 12.6. The van der Waals surface area contributed by atoms with E-state index in [4.69, 9.17) is 27.9 Å². The van der Waals surface area contributed by atoms with Gasteiger partial charge in [-0.2, -0.15) is 0 Å². The van der Waals surface area contributed by atoms with Crippen molar-refractivity contribution in [3.63, 3.8) is 0 Å². The van der Waals surface area contributed by atoms with Crippen molar-refractivity contribution in [2.45, 2.75) is 6.42 Å². The first-order valence-electron chi connectivity index (χ1n) is 7.06. The van der Waals surface area contributed by atoms with Crippen LogP contribution in [0, 0.1) is 0 Å². The van der Waals surface area contributed by atoms with Crippen molar-refractivity contribution in [3.8, 4) is 0 Å². The van der Waals surface area contributed by atoms with Gasteiger partial charge >= 0.3 is 0 Å². The number of benzene rings is 1. The Kier molecular flexibility index (Phi) is 6.65. The summed E-state index contributed by atoms with van der Waals surface area (Å²) in [7, 11) is 1.67. The summed E-state index contributed by atoms with van der Waals surface area (Å²) < 4.78 is 4.98. The molecule has 1 amide bonds. The minimum atomic E-state index is -0.347. The van der Waals surface area contributed by atoms with Gasteiger partial charge < -0.3 is 15.4 Å². The molecule has 0 fully saturated rings. The Morgan fingerprint density at radius 2 is 2.09 bits per heavy atom. The summed E-state index contributed by atoms with van der Waals surface area (Å²) in [5.41, 5.74) is 1.59. The largest absolute Gasteiger partial charge is 0.385 e. The summed E-state index contributed by atoms with van der Waals surface area (Å²) in [6.45, 7) is 1.47. The average Bonchev–Trinajstić information content (AvgIpc) is 2.56. The van der Waals surface area contributed by atoms with Crippen LogP contribution in [0.2, 0.25) is 10.0 Å². The minimum Gasteiger partial charge on any atom is -0.385 e. The molecule has 7 heteroatoms. The highest BCUT2D eigenvalue weighted by molar-refractivity contribution is 6.44. The maximum atomic E-state index is 12.2. The van der Waals surface area contributed by atoms with Crippen LogP contribution in [-0.4, -0.2) is 31.2 Å². The number of hydrogen-bond acceptors (Lipinski definition) is 4. The fourth-order valence-corrected chi connectivity index (χ4v) is 2.22. The number of methoxy groups -OCH3 is 1. The number of rotatable bonds is 7. The summed E-state index contributed by atoms with van der Waals surface area (Å²) in [4.78, 5) is 16.3. The Hall–Kier alpha value is -1.82. The first kappa shape index (κ1) is 17.5. The Labute approximate surface area is 145 Å². The monoisotopic (exact) mass is 353 g/mol. The van der Waals surface area contributed by atoms with Gasteiger partial charge in [-0.3, -0.25) is 4.79 Å². The van der Waals surface area contributed by atoms with Gasteiger partial charge in [0, 0.05) is 20.3 Å². The highest BCUT2D eigenvalue weighted by Gasteiger charge is 2.11. The van der Waals surface area contributed by atoms with Crippen LogP contribution >= 0.6 is 23.2 Å². The third kappa shape index (κ3) is 5.10. The van der Waals surface area contributed by atoms with Gasteiger partial charge in [0.05, 0.1) is 27.6 Å². The van der Waals surface area contributed by atoms with E-state index in [0.717, 1.165) is 18.7 Å². The Balaban J connectivity index is 1.96.